The Morgan fingerprint density at radius 3 is 2.44 bits per heavy atom. The van der Waals surface area contributed by atoms with E-state index in [1.807, 2.05) is 24.3 Å². The van der Waals surface area contributed by atoms with Gasteiger partial charge in [0.1, 0.15) is 5.75 Å². The molecule has 0 saturated carbocycles. The molecule has 0 saturated heterocycles. The van der Waals surface area contributed by atoms with Gasteiger partial charge in [0, 0.05) is 6.08 Å². The fourth-order valence-corrected chi connectivity index (χ4v) is 1.81. The molecule has 0 unspecified atom stereocenters. The van der Waals surface area contributed by atoms with Gasteiger partial charge in [0.05, 0.1) is 0 Å². The van der Waals surface area contributed by atoms with Crippen LogP contribution in [0.3, 0.4) is 0 Å². The highest BCUT2D eigenvalue weighted by Gasteiger charge is 1.99. The molecule has 1 aromatic carbocycles. The monoisotopic (exact) mass is 246 g/mol. The molecule has 0 atom stereocenters. The Labute approximate surface area is 110 Å². The minimum Gasteiger partial charge on any atom is -0.423 e. The summed E-state index contributed by atoms with van der Waals surface area (Å²) < 4.78 is 5.02. The number of hydrogen-bond donors (Lipinski definition) is 0. The molecule has 2 heteroatoms. The third-order valence-corrected chi connectivity index (χ3v) is 2.88. The molecular formula is C16H22O2. The number of rotatable bonds is 8. The third-order valence-electron chi connectivity index (χ3n) is 2.88. The lowest BCUT2D eigenvalue weighted by Gasteiger charge is -2.04. The van der Waals surface area contributed by atoms with Gasteiger partial charge in [-0.15, -0.1) is 0 Å². The molecule has 0 N–H and O–H groups in total. The third kappa shape index (κ3) is 5.67. The van der Waals surface area contributed by atoms with Crippen LogP contribution in [0.5, 0.6) is 5.75 Å². The molecule has 2 nitrogen and oxygen atoms in total. The predicted molar refractivity (Wildman–Crippen MR) is 74.7 cm³/mol. The van der Waals surface area contributed by atoms with Gasteiger partial charge in [-0.25, -0.2) is 4.79 Å². The van der Waals surface area contributed by atoms with Crippen LogP contribution >= 0.6 is 0 Å². The van der Waals surface area contributed by atoms with Crippen LogP contribution in [0.25, 0.3) is 0 Å². The van der Waals surface area contributed by atoms with Crippen LogP contribution in [0.2, 0.25) is 0 Å². The molecular weight excluding hydrogens is 224 g/mol. The van der Waals surface area contributed by atoms with Crippen LogP contribution in [0.15, 0.2) is 36.9 Å². The Morgan fingerprint density at radius 2 is 1.83 bits per heavy atom. The summed E-state index contributed by atoms with van der Waals surface area (Å²) in [6.45, 7) is 5.59. The van der Waals surface area contributed by atoms with Gasteiger partial charge in [-0.3, -0.25) is 0 Å². The highest BCUT2D eigenvalue weighted by molar-refractivity contribution is 5.83. The van der Waals surface area contributed by atoms with E-state index in [9.17, 15) is 4.79 Å². The van der Waals surface area contributed by atoms with Crippen LogP contribution in [0.1, 0.15) is 44.6 Å². The lowest BCUT2D eigenvalue weighted by Crippen LogP contribution is -2.02. The maximum absolute atomic E-state index is 11.0. The lowest BCUT2D eigenvalue weighted by molar-refractivity contribution is -0.128. The van der Waals surface area contributed by atoms with Crippen LogP contribution in [0, 0.1) is 0 Å². The van der Waals surface area contributed by atoms with Crippen molar-refractivity contribution in [1.82, 2.24) is 0 Å². The van der Waals surface area contributed by atoms with E-state index in [1.54, 1.807) is 0 Å². The molecule has 0 aliphatic carbocycles. The van der Waals surface area contributed by atoms with Crippen molar-refractivity contribution < 1.29 is 9.53 Å². The van der Waals surface area contributed by atoms with Gasteiger partial charge >= 0.3 is 5.97 Å². The Hall–Kier alpha value is -1.57. The first kappa shape index (κ1) is 14.5. The van der Waals surface area contributed by atoms with Crippen molar-refractivity contribution in [2.45, 2.75) is 45.4 Å². The van der Waals surface area contributed by atoms with Crippen molar-refractivity contribution in [3.8, 4) is 5.75 Å². The second-order valence-corrected chi connectivity index (χ2v) is 4.43. The zero-order chi connectivity index (χ0) is 13.2. The second-order valence-electron chi connectivity index (χ2n) is 4.43. The van der Waals surface area contributed by atoms with E-state index in [2.05, 4.69) is 13.5 Å². The molecule has 0 aliphatic rings. The van der Waals surface area contributed by atoms with Crippen molar-refractivity contribution in [1.29, 1.82) is 0 Å². The van der Waals surface area contributed by atoms with Crippen molar-refractivity contribution in [3.05, 3.63) is 42.5 Å². The summed E-state index contributed by atoms with van der Waals surface area (Å²) >= 11 is 0. The number of hydrogen-bond acceptors (Lipinski definition) is 2. The van der Waals surface area contributed by atoms with E-state index in [-0.39, 0.29) is 0 Å². The maximum Gasteiger partial charge on any atom is 0.335 e. The van der Waals surface area contributed by atoms with Gasteiger partial charge in [0.2, 0.25) is 0 Å². The van der Waals surface area contributed by atoms with Crippen molar-refractivity contribution in [2.75, 3.05) is 0 Å². The smallest absolute Gasteiger partial charge is 0.335 e. The zero-order valence-corrected chi connectivity index (χ0v) is 11.2. The van der Waals surface area contributed by atoms with E-state index in [1.165, 1.54) is 43.7 Å². The molecule has 0 heterocycles. The van der Waals surface area contributed by atoms with Crippen LogP contribution in [-0.2, 0) is 11.2 Å². The average molecular weight is 246 g/mol. The van der Waals surface area contributed by atoms with Crippen molar-refractivity contribution in [2.24, 2.45) is 0 Å². The molecule has 18 heavy (non-hydrogen) atoms. The summed E-state index contributed by atoms with van der Waals surface area (Å²) in [6.07, 6.45) is 8.72. The van der Waals surface area contributed by atoms with Crippen molar-refractivity contribution >= 4 is 5.97 Å². The minimum absolute atomic E-state index is 0.415. The Balaban J connectivity index is 2.31. The first-order valence-electron chi connectivity index (χ1n) is 6.69. The molecule has 0 aromatic heterocycles. The first-order chi connectivity index (χ1) is 8.76. The summed E-state index contributed by atoms with van der Waals surface area (Å²) in [6, 6.07) is 7.71. The molecule has 98 valence electrons. The largest absolute Gasteiger partial charge is 0.423 e. The maximum atomic E-state index is 11.0. The Kier molecular flexibility index (Phi) is 6.85. The van der Waals surface area contributed by atoms with E-state index >= 15 is 0 Å². The fourth-order valence-electron chi connectivity index (χ4n) is 1.81. The summed E-state index contributed by atoms with van der Waals surface area (Å²) in [5.41, 5.74) is 1.30. The number of benzene rings is 1. The van der Waals surface area contributed by atoms with Crippen LogP contribution < -0.4 is 4.74 Å². The first-order valence-corrected chi connectivity index (χ1v) is 6.69. The summed E-state index contributed by atoms with van der Waals surface area (Å²) in [5, 5.41) is 0. The van der Waals surface area contributed by atoms with E-state index in [0.717, 1.165) is 6.42 Å². The Morgan fingerprint density at radius 1 is 1.17 bits per heavy atom. The number of esters is 1. The van der Waals surface area contributed by atoms with Gasteiger partial charge in [-0.2, -0.15) is 0 Å². The summed E-state index contributed by atoms with van der Waals surface area (Å²) in [5.74, 6) is 0.164. The number of carbonyl (C=O) groups excluding carboxylic acids is 1. The normalized spacial score (nSPS) is 10.1. The molecule has 1 aromatic rings. The van der Waals surface area contributed by atoms with Gasteiger partial charge < -0.3 is 4.74 Å². The number of ether oxygens (including phenoxy) is 1. The summed E-state index contributed by atoms with van der Waals surface area (Å²) in [7, 11) is 0. The van der Waals surface area contributed by atoms with Gasteiger partial charge in [-0.05, 0) is 30.5 Å². The van der Waals surface area contributed by atoms with Gasteiger partial charge in [0.15, 0.2) is 0 Å². The minimum atomic E-state index is -0.415. The average Bonchev–Trinajstić information content (AvgIpc) is 2.40. The standard InChI is InChI=1S/C16H22O2/c1-3-5-6-7-8-9-14-10-12-15(13-11-14)18-16(17)4-2/h4,10-13H,2-3,5-9H2,1H3. The molecule has 0 bridgehead atoms. The molecule has 0 spiro atoms. The summed E-state index contributed by atoms with van der Waals surface area (Å²) in [4.78, 5) is 11.0. The van der Waals surface area contributed by atoms with Gasteiger partial charge in [0.25, 0.3) is 0 Å². The van der Waals surface area contributed by atoms with Gasteiger partial charge in [-0.1, -0.05) is 51.3 Å². The molecule has 0 fully saturated rings. The Bertz CT molecular complexity index is 365. The van der Waals surface area contributed by atoms with Crippen LogP contribution in [0.4, 0.5) is 0 Å². The van der Waals surface area contributed by atoms with Crippen molar-refractivity contribution in [3.63, 3.8) is 0 Å². The highest BCUT2D eigenvalue weighted by atomic mass is 16.5. The zero-order valence-electron chi connectivity index (χ0n) is 11.2. The van der Waals surface area contributed by atoms with Crippen LogP contribution in [-0.4, -0.2) is 5.97 Å². The molecule has 0 aliphatic heterocycles. The lowest BCUT2D eigenvalue weighted by atomic mass is 10.1. The molecule has 1 rings (SSSR count). The molecule has 0 amide bonds. The number of carbonyl (C=O) groups is 1. The fraction of sp³-hybridized carbons (Fsp3) is 0.438. The topological polar surface area (TPSA) is 26.3 Å². The highest BCUT2D eigenvalue weighted by Crippen LogP contribution is 2.15. The molecule has 0 radical (unpaired) electrons. The van der Waals surface area contributed by atoms with E-state index < -0.39 is 5.97 Å². The number of unbranched alkanes of at least 4 members (excludes halogenated alkanes) is 4. The SMILES string of the molecule is C=CC(=O)Oc1ccc(CCCCCCC)cc1. The number of aryl methyl sites for hydroxylation is 1. The predicted octanol–water partition coefficient (Wildman–Crippen LogP) is 4.29. The quantitative estimate of drug-likeness (QED) is 0.296. The van der Waals surface area contributed by atoms with E-state index in [0.29, 0.717) is 5.75 Å². The van der Waals surface area contributed by atoms with E-state index in [4.69, 9.17) is 4.74 Å². The second kappa shape index (κ2) is 8.51.